The van der Waals surface area contributed by atoms with Gasteiger partial charge in [0.15, 0.2) is 6.61 Å². The molecule has 5 nitrogen and oxygen atoms in total. The Bertz CT molecular complexity index is 773. The van der Waals surface area contributed by atoms with Crippen LogP contribution < -0.4 is 9.47 Å². The maximum atomic E-state index is 11.9. The summed E-state index contributed by atoms with van der Waals surface area (Å²) >= 11 is 6.10. The number of benzene rings is 2. The quantitative estimate of drug-likeness (QED) is 0.548. The lowest BCUT2D eigenvalue weighted by molar-refractivity contribution is -0.136. The highest BCUT2D eigenvalue weighted by Crippen LogP contribution is 2.25. The van der Waals surface area contributed by atoms with E-state index >= 15 is 0 Å². The van der Waals surface area contributed by atoms with Gasteiger partial charge >= 0.3 is 11.9 Å². The van der Waals surface area contributed by atoms with Crippen LogP contribution in [0.15, 0.2) is 36.4 Å². The van der Waals surface area contributed by atoms with Gasteiger partial charge in [0, 0.05) is 5.02 Å². The number of aryl methyl sites for hydroxylation is 2. The number of hydrogen-bond donors (Lipinski definition) is 0. The monoisotopic (exact) mass is 376 g/mol. The van der Waals surface area contributed by atoms with E-state index in [1.54, 1.807) is 38.1 Å². The van der Waals surface area contributed by atoms with Gasteiger partial charge in [-0.15, -0.1) is 0 Å². The molecule has 0 fully saturated rings. The standard InChI is InChI=1S/C20H21ClO5/c1-12(2)25-20(23)15-5-7-16(8-6-15)26-18(22)11-24-17-9-13(3)19(21)14(4)10-17/h5-10,12H,11H2,1-4H3. The zero-order valence-electron chi connectivity index (χ0n) is 15.2. The molecule has 0 radical (unpaired) electrons. The number of esters is 2. The van der Waals surface area contributed by atoms with Gasteiger partial charge in [0.05, 0.1) is 11.7 Å². The smallest absolute Gasteiger partial charge is 0.349 e. The maximum Gasteiger partial charge on any atom is 0.349 e. The number of hydrogen-bond acceptors (Lipinski definition) is 5. The fraction of sp³-hybridized carbons (Fsp3) is 0.300. The Kier molecular flexibility index (Phi) is 6.64. The number of halogens is 1. The first-order valence-corrected chi connectivity index (χ1v) is 8.55. The molecule has 0 aliphatic heterocycles. The lowest BCUT2D eigenvalue weighted by Crippen LogP contribution is -2.18. The molecule has 2 rings (SSSR count). The zero-order chi connectivity index (χ0) is 19.3. The first-order valence-electron chi connectivity index (χ1n) is 8.17. The third-order valence-electron chi connectivity index (χ3n) is 3.43. The molecule has 138 valence electrons. The molecule has 2 aromatic rings. The Morgan fingerprint density at radius 3 is 2.12 bits per heavy atom. The molecule has 0 bridgehead atoms. The van der Waals surface area contributed by atoms with E-state index in [9.17, 15) is 9.59 Å². The Morgan fingerprint density at radius 2 is 1.58 bits per heavy atom. The minimum atomic E-state index is -0.548. The van der Waals surface area contributed by atoms with E-state index in [-0.39, 0.29) is 12.7 Å². The Hall–Kier alpha value is -2.53. The maximum absolute atomic E-state index is 11.9. The summed E-state index contributed by atoms with van der Waals surface area (Å²) < 4.78 is 15.7. The third kappa shape index (κ3) is 5.49. The molecule has 0 heterocycles. The van der Waals surface area contributed by atoms with Crippen molar-refractivity contribution in [2.24, 2.45) is 0 Å². The Labute approximate surface area is 157 Å². The number of carbonyl (C=O) groups excluding carboxylic acids is 2. The molecule has 0 amide bonds. The second-order valence-corrected chi connectivity index (χ2v) is 6.49. The van der Waals surface area contributed by atoms with E-state index in [1.807, 2.05) is 13.8 Å². The molecule has 0 saturated heterocycles. The van der Waals surface area contributed by atoms with Gasteiger partial charge in [0.2, 0.25) is 0 Å². The van der Waals surface area contributed by atoms with Gasteiger partial charge in [-0.05, 0) is 75.2 Å². The van der Waals surface area contributed by atoms with Crippen molar-refractivity contribution in [3.63, 3.8) is 0 Å². The second kappa shape index (κ2) is 8.72. The minimum absolute atomic E-state index is 0.197. The molecule has 0 aromatic heterocycles. The van der Waals surface area contributed by atoms with Crippen LogP contribution in [0.2, 0.25) is 5.02 Å². The highest BCUT2D eigenvalue weighted by atomic mass is 35.5. The fourth-order valence-electron chi connectivity index (χ4n) is 2.23. The van der Waals surface area contributed by atoms with Crippen molar-refractivity contribution in [2.45, 2.75) is 33.8 Å². The van der Waals surface area contributed by atoms with Crippen molar-refractivity contribution < 1.29 is 23.8 Å². The van der Waals surface area contributed by atoms with E-state index in [2.05, 4.69) is 0 Å². The first kappa shape index (κ1) is 19.8. The minimum Gasteiger partial charge on any atom is -0.482 e. The molecule has 6 heteroatoms. The fourth-order valence-corrected chi connectivity index (χ4v) is 2.34. The van der Waals surface area contributed by atoms with Crippen molar-refractivity contribution in [2.75, 3.05) is 6.61 Å². The summed E-state index contributed by atoms with van der Waals surface area (Å²) in [6.07, 6.45) is -0.197. The van der Waals surface area contributed by atoms with Gasteiger partial charge in [0.25, 0.3) is 0 Å². The molecule has 0 unspecified atom stereocenters. The molecule has 0 aliphatic carbocycles. The Balaban J connectivity index is 1.91. The van der Waals surface area contributed by atoms with Crippen molar-refractivity contribution in [1.82, 2.24) is 0 Å². The van der Waals surface area contributed by atoms with Gasteiger partial charge in [-0.25, -0.2) is 9.59 Å². The average Bonchev–Trinajstić information content (AvgIpc) is 2.57. The van der Waals surface area contributed by atoms with Crippen LogP contribution in [0.1, 0.15) is 35.3 Å². The molecule has 0 saturated carbocycles. The summed E-state index contributed by atoms with van der Waals surface area (Å²) in [5.74, 6) is -0.0984. The summed E-state index contributed by atoms with van der Waals surface area (Å²) in [5.41, 5.74) is 2.14. The van der Waals surface area contributed by atoms with Crippen molar-refractivity contribution in [3.05, 3.63) is 58.1 Å². The summed E-state index contributed by atoms with van der Waals surface area (Å²) in [7, 11) is 0. The molecule has 0 atom stereocenters. The lowest BCUT2D eigenvalue weighted by atomic mass is 10.1. The molecule has 0 spiro atoms. The molecule has 2 aromatic carbocycles. The van der Waals surface area contributed by atoms with Gasteiger partial charge in [0.1, 0.15) is 11.5 Å². The molecule has 0 aliphatic rings. The molecule has 0 N–H and O–H groups in total. The molecule has 26 heavy (non-hydrogen) atoms. The van der Waals surface area contributed by atoms with Crippen LogP contribution in [0, 0.1) is 13.8 Å². The van der Waals surface area contributed by atoms with Crippen LogP contribution in [-0.2, 0) is 9.53 Å². The van der Waals surface area contributed by atoms with Crippen LogP contribution in [0.4, 0.5) is 0 Å². The van der Waals surface area contributed by atoms with Crippen molar-refractivity contribution in [3.8, 4) is 11.5 Å². The van der Waals surface area contributed by atoms with Crippen LogP contribution in [-0.4, -0.2) is 24.6 Å². The van der Waals surface area contributed by atoms with Crippen LogP contribution >= 0.6 is 11.6 Å². The van der Waals surface area contributed by atoms with E-state index in [0.29, 0.717) is 22.1 Å². The van der Waals surface area contributed by atoms with Crippen LogP contribution in [0.3, 0.4) is 0 Å². The number of carbonyl (C=O) groups is 2. The van der Waals surface area contributed by atoms with Gasteiger partial charge in [-0.2, -0.15) is 0 Å². The lowest BCUT2D eigenvalue weighted by Gasteiger charge is -2.10. The van der Waals surface area contributed by atoms with Crippen LogP contribution in [0.25, 0.3) is 0 Å². The highest BCUT2D eigenvalue weighted by molar-refractivity contribution is 6.32. The van der Waals surface area contributed by atoms with E-state index in [4.69, 9.17) is 25.8 Å². The topological polar surface area (TPSA) is 61.8 Å². The Morgan fingerprint density at radius 1 is 1.00 bits per heavy atom. The van der Waals surface area contributed by atoms with Crippen LogP contribution in [0.5, 0.6) is 11.5 Å². The predicted molar refractivity (Wildman–Crippen MR) is 99.0 cm³/mol. The second-order valence-electron chi connectivity index (χ2n) is 6.11. The number of rotatable bonds is 6. The van der Waals surface area contributed by atoms with E-state index in [1.165, 1.54) is 12.1 Å². The van der Waals surface area contributed by atoms with Gasteiger partial charge in [-0.3, -0.25) is 0 Å². The first-order chi connectivity index (χ1) is 12.3. The SMILES string of the molecule is Cc1cc(OCC(=O)Oc2ccc(C(=O)OC(C)C)cc2)cc(C)c1Cl. The average molecular weight is 377 g/mol. The van der Waals surface area contributed by atoms with Crippen molar-refractivity contribution in [1.29, 1.82) is 0 Å². The molecular weight excluding hydrogens is 356 g/mol. The molecular formula is C20H21ClO5. The van der Waals surface area contributed by atoms with Crippen molar-refractivity contribution >= 4 is 23.5 Å². The van der Waals surface area contributed by atoms with Gasteiger partial charge < -0.3 is 14.2 Å². The van der Waals surface area contributed by atoms with E-state index < -0.39 is 11.9 Å². The summed E-state index contributed by atoms with van der Waals surface area (Å²) in [6, 6.07) is 9.67. The van der Waals surface area contributed by atoms with Gasteiger partial charge in [-0.1, -0.05) is 11.6 Å². The normalized spacial score (nSPS) is 10.5. The van der Waals surface area contributed by atoms with E-state index in [0.717, 1.165) is 11.1 Å². The highest BCUT2D eigenvalue weighted by Gasteiger charge is 2.11. The largest absolute Gasteiger partial charge is 0.482 e. The zero-order valence-corrected chi connectivity index (χ0v) is 15.9. The number of ether oxygens (including phenoxy) is 3. The third-order valence-corrected chi connectivity index (χ3v) is 4.03. The predicted octanol–water partition coefficient (Wildman–Crippen LogP) is 4.51. The summed E-state index contributed by atoms with van der Waals surface area (Å²) in [4.78, 5) is 23.7. The summed E-state index contributed by atoms with van der Waals surface area (Å²) in [6.45, 7) is 7.05. The summed E-state index contributed by atoms with van der Waals surface area (Å²) in [5, 5.41) is 0.677.